The maximum atomic E-state index is 3.70. The molecule has 1 N–H and O–H groups in total. The van der Waals surface area contributed by atoms with Gasteiger partial charge < -0.3 is 5.32 Å². The summed E-state index contributed by atoms with van der Waals surface area (Å²) in [6, 6.07) is 11.3. The molecule has 1 aliphatic rings. The minimum atomic E-state index is 0.264. The van der Waals surface area contributed by atoms with Crippen LogP contribution in [0, 0.1) is 5.92 Å². The van der Waals surface area contributed by atoms with E-state index in [1.807, 2.05) is 0 Å². The molecule has 1 aliphatic heterocycles. The van der Waals surface area contributed by atoms with Gasteiger partial charge in [0.15, 0.2) is 0 Å². The lowest BCUT2D eigenvalue weighted by atomic mass is 9.93. The molecule has 0 amide bonds. The summed E-state index contributed by atoms with van der Waals surface area (Å²) in [7, 11) is 0. The van der Waals surface area contributed by atoms with E-state index in [9.17, 15) is 0 Å². The van der Waals surface area contributed by atoms with E-state index >= 15 is 0 Å². The van der Waals surface area contributed by atoms with Gasteiger partial charge in [0.1, 0.15) is 0 Å². The lowest BCUT2D eigenvalue weighted by molar-refractivity contribution is 0.0615. The third kappa shape index (κ3) is 3.80. The largest absolute Gasteiger partial charge is 0.307 e. The van der Waals surface area contributed by atoms with Gasteiger partial charge >= 0.3 is 0 Å². The lowest BCUT2D eigenvalue weighted by Crippen LogP contribution is -2.59. The van der Waals surface area contributed by atoms with Crippen LogP contribution in [0.1, 0.15) is 45.7 Å². The zero-order valence-electron chi connectivity index (χ0n) is 12.8. The molecule has 0 bridgehead atoms. The zero-order valence-corrected chi connectivity index (χ0v) is 12.8. The summed E-state index contributed by atoms with van der Waals surface area (Å²) in [5, 5.41) is 3.70. The van der Waals surface area contributed by atoms with E-state index in [0.717, 1.165) is 19.0 Å². The predicted octanol–water partition coefficient (Wildman–Crippen LogP) is 3.46. The van der Waals surface area contributed by atoms with Crippen LogP contribution in [0.2, 0.25) is 0 Å². The smallest absolute Gasteiger partial charge is 0.0450 e. The summed E-state index contributed by atoms with van der Waals surface area (Å²) in [5.41, 5.74) is 1.67. The molecule has 1 unspecified atom stereocenters. The Balaban J connectivity index is 2.03. The molecule has 0 radical (unpaired) electrons. The van der Waals surface area contributed by atoms with E-state index in [1.54, 1.807) is 0 Å². The van der Waals surface area contributed by atoms with Gasteiger partial charge in [-0.05, 0) is 38.3 Å². The zero-order chi connectivity index (χ0) is 13.9. The molecule has 106 valence electrons. The highest BCUT2D eigenvalue weighted by Gasteiger charge is 2.33. The van der Waals surface area contributed by atoms with Gasteiger partial charge in [-0.25, -0.2) is 0 Å². The Kier molecular flexibility index (Phi) is 4.64. The molecule has 1 aromatic carbocycles. The van der Waals surface area contributed by atoms with E-state index in [-0.39, 0.29) is 5.54 Å². The molecular weight excluding hydrogens is 232 g/mol. The van der Waals surface area contributed by atoms with Gasteiger partial charge in [-0.1, -0.05) is 44.2 Å². The maximum absolute atomic E-state index is 3.70. The molecule has 0 spiro atoms. The van der Waals surface area contributed by atoms with E-state index in [0.29, 0.717) is 6.04 Å². The Morgan fingerprint density at radius 3 is 2.58 bits per heavy atom. The number of nitrogens with zero attached hydrogens (tertiary/aromatic N) is 1. The van der Waals surface area contributed by atoms with Crippen LogP contribution in [0.3, 0.4) is 0 Å². The highest BCUT2D eigenvalue weighted by atomic mass is 15.3. The molecular formula is C17H28N2. The summed E-state index contributed by atoms with van der Waals surface area (Å²) >= 11 is 0. The first-order chi connectivity index (χ1) is 8.99. The molecule has 1 fully saturated rings. The van der Waals surface area contributed by atoms with Crippen molar-refractivity contribution in [1.82, 2.24) is 10.2 Å². The first-order valence-corrected chi connectivity index (χ1v) is 7.52. The van der Waals surface area contributed by atoms with Crippen molar-refractivity contribution >= 4 is 0 Å². The van der Waals surface area contributed by atoms with Crippen molar-refractivity contribution in [3.8, 4) is 0 Å². The van der Waals surface area contributed by atoms with Gasteiger partial charge in [0.25, 0.3) is 0 Å². The Morgan fingerprint density at radius 1 is 1.26 bits per heavy atom. The average molecular weight is 260 g/mol. The fraction of sp³-hybridized carbons (Fsp3) is 0.647. The quantitative estimate of drug-likeness (QED) is 0.892. The van der Waals surface area contributed by atoms with Crippen LogP contribution in [0.25, 0.3) is 0 Å². The van der Waals surface area contributed by atoms with Crippen LogP contribution in [0.15, 0.2) is 30.3 Å². The van der Waals surface area contributed by atoms with E-state index in [2.05, 4.69) is 68.2 Å². The summed E-state index contributed by atoms with van der Waals surface area (Å²) in [5.74, 6) is 0.779. The maximum Gasteiger partial charge on any atom is 0.0450 e. The standard InChI is InChI=1S/C17H28N2/c1-14(2)10-11-19-12-16(18-13-17(19,3)4)15-8-6-5-7-9-15/h5-9,14,16,18H,10-13H2,1-4H3. The second-order valence-electron chi connectivity index (χ2n) is 6.79. The Bertz CT molecular complexity index is 384. The molecule has 2 nitrogen and oxygen atoms in total. The van der Waals surface area contributed by atoms with Crippen LogP contribution < -0.4 is 5.32 Å². The first-order valence-electron chi connectivity index (χ1n) is 7.52. The normalized spacial score (nSPS) is 23.7. The molecule has 0 aromatic heterocycles. The highest BCUT2D eigenvalue weighted by molar-refractivity contribution is 5.20. The summed E-state index contributed by atoms with van der Waals surface area (Å²) in [6.45, 7) is 12.7. The number of benzene rings is 1. The minimum Gasteiger partial charge on any atom is -0.307 e. The number of hydrogen-bond donors (Lipinski definition) is 1. The molecule has 1 atom stereocenters. The molecule has 1 saturated heterocycles. The highest BCUT2D eigenvalue weighted by Crippen LogP contribution is 2.26. The third-order valence-electron chi connectivity index (χ3n) is 4.22. The van der Waals surface area contributed by atoms with Crippen LogP contribution in [0.4, 0.5) is 0 Å². The number of hydrogen-bond acceptors (Lipinski definition) is 2. The van der Waals surface area contributed by atoms with Crippen molar-refractivity contribution in [2.75, 3.05) is 19.6 Å². The number of rotatable bonds is 4. The Morgan fingerprint density at radius 2 is 1.95 bits per heavy atom. The number of nitrogens with one attached hydrogen (secondary N) is 1. The van der Waals surface area contributed by atoms with Crippen molar-refractivity contribution in [3.63, 3.8) is 0 Å². The Hall–Kier alpha value is -0.860. The van der Waals surface area contributed by atoms with Crippen molar-refractivity contribution in [3.05, 3.63) is 35.9 Å². The van der Waals surface area contributed by atoms with E-state index in [1.165, 1.54) is 18.5 Å². The SMILES string of the molecule is CC(C)CCN1CC(c2ccccc2)NCC1(C)C. The fourth-order valence-corrected chi connectivity index (χ4v) is 2.73. The van der Waals surface area contributed by atoms with Gasteiger partial charge in [0, 0.05) is 24.7 Å². The van der Waals surface area contributed by atoms with E-state index in [4.69, 9.17) is 0 Å². The first kappa shape index (κ1) is 14.5. The molecule has 1 heterocycles. The number of piperazine rings is 1. The minimum absolute atomic E-state index is 0.264. The van der Waals surface area contributed by atoms with Crippen molar-refractivity contribution in [1.29, 1.82) is 0 Å². The second-order valence-corrected chi connectivity index (χ2v) is 6.79. The lowest BCUT2D eigenvalue weighted by Gasteiger charge is -2.46. The van der Waals surface area contributed by atoms with Crippen LogP contribution in [-0.2, 0) is 0 Å². The predicted molar refractivity (Wildman–Crippen MR) is 82.3 cm³/mol. The van der Waals surface area contributed by atoms with Gasteiger partial charge in [-0.15, -0.1) is 0 Å². The molecule has 1 aromatic rings. The second kappa shape index (κ2) is 6.06. The average Bonchev–Trinajstić information content (AvgIpc) is 2.38. The van der Waals surface area contributed by atoms with Crippen LogP contribution >= 0.6 is 0 Å². The van der Waals surface area contributed by atoms with E-state index < -0.39 is 0 Å². The topological polar surface area (TPSA) is 15.3 Å². The van der Waals surface area contributed by atoms with Gasteiger partial charge in [-0.3, -0.25) is 4.90 Å². The molecule has 0 aliphatic carbocycles. The van der Waals surface area contributed by atoms with Gasteiger partial charge in [-0.2, -0.15) is 0 Å². The monoisotopic (exact) mass is 260 g/mol. The molecule has 2 rings (SSSR count). The molecule has 19 heavy (non-hydrogen) atoms. The third-order valence-corrected chi connectivity index (χ3v) is 4.22. The molecule has 0 saturated carbocycles. The van der Waals surface area contributed by atoms with Crippen molar-refractivity contribution in [2.45, 2.75) is 45.7 Å². The Labute approximate surface area is 118 Å². The summed E-state index contributed by atoms with van der Waals surface area (Å²) in [6.07, 6.45) is 1.28. The fourth-order valence-electron chi connectivity index (χ4n) is 2.73. The summed E-state index contributed by atoms with van der Waals surface area (Å²) in [4.78, 5) is 2.65. The van der Waals surface area contributed by atoms with Gasteiger partial charge in [0.2, 0.25) is 0 Å². The van der Waals surface area contributed by atoms with Crippen LogP contribution in [0.5, 0.6) is 0 Å². The summed E-state index contributed by atoms with van der Waals surface area (Å²) < 4.78 is 0. The van der Waals surface area contributed by atoms with Crippen molar-refractivity contribution in [2.24, 2.45) is 5.92 Å². The van der Waals surface area contributed by atoms with Crippen LogP contribution in [-0.4, -0.2) is 30.1 Å². The molecule has 2 heteroatoms. The van der Waals surface area contributed by atoms with Gasteiger partial charge in [0.05, 0.1) is 0 Å². The van der Waals surface area contributed by atoms with Crippen molar-refractivity contribution < 1.29 is 0 Å².